The molecule has 1 aliphatic carbocycles. The van der Waals surface area contributed by atoms with Crippen molar-refractivity contribution in [2.75, 3.05) is 19.6 Å². The molecule has 1 N–H and O–H groups in total. The fourth-order valence-corrected chi connectivity index (χ4v) is 3.84. The number of hydrogen-bond acceptors (Lipinski definition) is 3. The highest BCUT2D eigenvalue weighted by Crippen LogP contribution is 2.47. The van der Waals surface area contributed by atoms with E-state index >= 15 is 0 Å². The molecule has 26 heavy (non-hydrogen) atoms. The number of nitrogens with zero attached hydrogens (tertiary/aromatic N) is 1. The van der Waals surface area contributed by atoms with Gasteiger partial charge >= 0.3 is 0 Å². The van der Waals surface area contributed by atoms with Crippen molar-refractivity contribution in [2.45, 2.75) is 31.1 Å². The highest BCUT2D eigenvalue weighted by Gasteiger charge is 2.44. The number of furan rings is 1. The van der Waals surface area contributed by atoms with Crippen LogP contribution < -0.4 is 5.32 Å². The number of carbonyl (C=O) groups is 2. The van der Waals surface area contributed by atoms with Crippen LogP contribution >= 0.6 is 0 Å². The molecule has 136 valence electrons. The minimum atomic E-state index is -0.144. The molecule has 0 bridgehead atoms. The van der Waals surface area contributed by atoms with Crippen LogP contribution in [-0.2, 0) is 10.2 Å². The van der Waals surface area contributed by atoms with Crippen LogP contribution in [-0.4, -0.2) is 36.3 Å². The lowest BCUT2D eigenvalue weighted by Crippen LogP contribution is -2.46. The minimum absolute atomic E-state index is 0.0594. The summed E-state index contributed by atoms with van der Waals surface area (Å²) in [4.78, 5) is 26.9. The Morgan fingerprint density at radius 1 is 1.15 bits per heavy atom. The van der Waals surface area contributed by atoms with Gasteiger partial charge in [-0.3, -0.25) is 9.59 Å². The number of piperidine rings is 1. The number of likely N-dealkylation sites (tertiary alicyclic amines) is 1. The van der Waals surface area contributed by atoms with E-state index < -0.39 is 0 Å². The van der Waals surface area contributed by atoms with Gasteiger partial charge in [-0.1, -0.05) is 30.3 Å². The highest BCUT2D eigenvalue weighted by molar-refractivity contribution is 5.92. The van der Waals surface area contributed by atoms with E-state index in [-0.39, 0.29) is 23.1 Å². The molecule has 2 aliphatic rings. The molecule has 5 nitrogen and oxygen atoms in total. The Labute approximate surface area is 153 Å². The van der Waals surface area contributed by atoms with E-state index in [4.69, 9.17) is 4.42 Å². The number of nitrogens with one attached hydrogen (secondary N) is 1. The number of benzene rings is 1. The number of rotatable bonds is 5. The van der Waals surface area contributed by atoms with Crippen LogP contribution in [0.3, 0.4) is 0 Å². The lowest BCUT2D eigenvalue weighted by Gasteiger charge is -2.32. The summed E-state index contributed by atoms with van der Waals surface area (Å²) in [5.41, 5.74) is 1.41. The van der Waals surface area contributed by atoms with Gasteiger partial charge in [0.2, 0.25) is 5.91 Å². The van der Waals surface area contributed by atoms with E-state index in [9.17, 15) is 9.59 Å². The summed E-state index contributed by atoms with van der Waals surface area (Å²) in [6, 6.07) is 13.8. The molecule has 1 atom stereocenters. The standard InChI is InChI=1S/C21H24N2O3/c24-19(22-15-21(10-11-21)17-7-2-1-3-8-17)16-6-4-12-23(14-16)20(25)18-9-5-13-26-18/h1-3,5,7-9,13,16H,4,6,10-12,14-15H2,(H,22,24). The molecule has 0 radical (unpaired) electrons. The van der Waals surface area contributed by atoms with Gasteiger partial charge in [0.25, 0.3) is 5.91 Å². The normalized spacial score (nSPS) is 21.2. The fraction of sp³-hybridized carbons (Fsp3) is 0.429. The van der Waals surface area contributed by atoms with Crippen molar-refractivity contribution in [1.82, 2.24) is 10.2 Å². The molecule has 5 heteroatoms. The molecule has 2 aromatic rings. The van der Waals surface area contributed by atoms with Gasteiger partial charge in [0, 0.05) is 25.0 Å². The molecular weight excluding hydrogens is 328 g/mol. The summed E-state index contributed by atoms with van der Waals surface area (Å²) in [5.74, 6) is 0.126. The Hall–Kier alpha value is -2.56. The van der Waals surface area contributed by atoms with E-state index in [0.29, 0.717) is 25.4 Å². The third-order valence-corrected chi connectivity index (χ3v) is 5.65. The smallest absolute Gasteiger partial charge is 0.289 e. The summed E-state index contributed by atoms with van der Waals surface area (Å²) in [7, 11) is 0. The third-order valence-electron chi connectivity index (χ3n) is 5.65. The first-order chi connectivity index (χ1) is 12.7. The second-order valence-corrected chi connectivity index (χ2v) is 7.43. The number of hydrogen-bond donors (Lipinski definition) is 1. The predicted octanol–water partition coefficient (Wildman–Crippen LogP) is 2.98. The maximum atomic E-state index is 12.7. The molecule has 2 heterocycles. The van der Waals surface area contributed by atoms with Crippen molar-refractivity contribution in [3.63, 3.8) is 0 Å². The number of amides is 2. The second-order valence-electron chi connectivity index (χ2n) is 7.43. The zero-order valence-electron chi connectivity index (χ0n) is 14.8. The summed E-state index contributed by atoms with van der Waals surface area (Å²) in [6.07, 6.45) is 5.40. The van der Waals surface area contributed by atoms with Crippen LogP contribution in [0.5, 0.6) is 0 Å². The van der Waals surface area contributed by atoms with Gasteiger partial charge in [0.05, 0.1) is 12.2 Å². The van der Waals surface area contributed by atoms with Gasteiger partial charge in [-0.05, 0) is 43.4 Å². The molecule has 1 saturated heterocycles. The molecule has 1 unspecified atom stereocenters. The molecule has 1 saturated carbocycles. The molecular formula is C21H24N2O3. The van der Waals surface area contributed by atoms with Crippen LogP contribution in [0.1, 0.15) is 41.8 Å². The molecule has 1 aliphatic heterocycles. The first-order valence-electron chi connectivity index (χ1n) is 9.34. The Morgan fingerprint density at radius 3 is 2.65 bits per heavy atom. The zero-order valence-corrected chi connectivity index (χ0v) is 14.8. The van der Waals surface area contributed by atoms with E-state index in [1.807, 2.05) is 6.07 Å². The zero-order chi connectivity index (χ0) is 18.0. The Morgan fingerprint density at radius 2 is 1.96 bits per heavy atom. The van der Waals surface area contributed by atoms with Crippen molar-refractivity contribution in [1.29, 1.82) is 0 Å². The van der Waals surface area contributed by atoms with Gasteiger partial charge in [0.1, 0.15) is 0 Å². The quantitative estimate of drug-likeness (QED) is 0.900. The average molecular weight is 352 g/mol. The summed E-state index contributed by atoms with van der Waals surface area (Å²) >= 11 is 0. The van der Waals surface area contributed by atoms with Crippen LogP contribution in [0, 0.1) is 5.92 Å². The van der Waals surface area contributed by atoms with E-state index in [1.54, 1.807) is 17.0 Å². The first kappa shape index (κ1) is 16.9. The van der Waals surface area contributed by atoms with Gasteiger partial charge in [-0.15, -0.1) is 0 Å². The SMILES string of the molecule is O=C(NCC1(c2ccccc2)CC1)C1CCCN(C(=O)c2ccco2)C1. The lowest BCUT2D eigenvalue weighted by molar-refractivity contribution is -0.126. The molecule has 2 fully saturated rings. The molecule has 0 spiro atoms. The van der Waals surface area contributed by atoms with E-state index in [0.717, 1.165) is 25.7 Å². The Bertz CT molecular complexity index is 766. The van der Waals surface area contributed by atoms with E-state index in [2.05, 4.69) is 29.6 Å². The highest BCUT2D eigenvalue weighted by atomic mass is 16.3. The van der Waals surface area contributed by atoms with Crippen LogP contribution in [0.2, 0.25) is 0 Å². The lowest BCUT2D eigenvalue weighted by atomic mass is 9.94. The minimum Gasteiger partial charge on any atom is -0.459 e. The van der Waals surface area contributed by atoms with Gasteiger partial charge in [-0.25, -0.2) is 0 Å². The topological polar surface area (TPSA) is 62.6 Å². The monoisotopic (exact) mass is 352 g/mol. The molecule has 2 amide bonds. The molecule has 4 rings (SSSR count). The van der Waals surface area contributed by atoms with Gasteiger partial charge < -0.3 is 14.6 Å². The largest absolute Gasteiger partial charge is 0.459 e. The predicted molar refractivity (Wildman–Crippen MR) is 97.7 cm³/mol. The average Bonchev–Trinajstić information content (AvgIpc) is 3.29. The third kappa shape index (κ3) is 3.39. The van der Waals surface area contributed by atoms with Gasteiger partial charge in [-0.2, -0.15) is 0 Å². The second kappa shape index (κ2) is 6.98. The van der Waals surface area contributed by atoms with Crippen LogP contribution in [0.15, 0.2) is 53.1 Å². The van der Waals surface area contributed by atoms with Crippen LogP contribution in [0.4, 0.5) is 0 Å². The first-order valence-corrected chi connectivity index (χ1v) is 9.34. The van der Waals surface area contributed by atoms with Crippen LogP contribution in [0.25, 0.3) is 0 Å². The Balaban J connectivity index is 1.34. The summed E-state index contributed by atoms with van der Waals surface area (Å²) in [6.45, 7) is 1.82. The van der Waals surface area contributed by atoms with E-state index in [1.165, 1.54) is 11.8 Å². The molecule has 1 aromatic heterocycles. The van der Waals surface area contributed by atoms with Crippen molar-refractivity contribution in [2.24, 2.45) is 5.92 Å². The number of carbonyl (C=O) groups excluding carboxylic acids is 2. The maximum Gasteiger partial charge on any atom is 0.289 e. The van der Waals surface area contributed by atoms with Gasteiger partial charge in [0.15, 0.2) is 5.76 Å². The van der Waals surface area contributed by atoms with Crippen molar-refractivity contribution in [3.05, 3.63) is 60.1 Å². The molecule has 1 aromatic carbocycles. The summed E-state index contributed by atoms with van der Waals surface area (Å²) < 4.78 is 5.20. The van der Waals surface area contributed by atoms with Crippen molar-refractivity contribution < 1.29 is 14.0 Å². The maximum absolute atomic E-state index is 12.7. The van der Waals surface area contributed by atoms with Crippen molar-refractivity contribution >= 4 is 11.8 Å². The fourth-order valence-electron chi connectivity index (χ4n) is 3.84. The Kier molecular flexibility index (Phi) is 4.53. The summed E-state index contributed by atoms with van der Waals surface area (Å²) in [5, 5.41) is 3.15. The van der Waals surface area contributed by atoms with Crippen molar-refractivity contribution in [3.8, 4) is 0 Å².